The van der Waals surface area contributed by atoms with Crippen molar-refractivity contribution >= 4 is 23.4 Å². The lowest BCUT2D eigenvalue weighted by atomic mass is 9.75. The molecule has 0 bridgehead atoms. The lowest BCUT2D eigenvalue weighted by Gasteiger charge is -2.42. The third-order valence-corrected chi connectivity index (χ3v) is 7.22. The number of likely N-dealkylation sites (tertiary alicyclic amines) is 1. The summed E-state index contributed by atoms with van der Waals surface area (Å²) in [6.45, 7) is 4.96. The van der Waals surface area contributed by atoms with Gasteiger partial charge in [-0.25, -0.2) is 0 Å². The number of amides is 2. The molecule has 2 amide bonds. The maximum Gasteiger partial charge on any atom is 0.255 e. The molecule has 0 spiro atoms. The molecule has 176 valence electrons. The molecule has 0 saturated carbocycles. The minimum absolute atomic E-state index is 0.0522. The summed E-state index contributed by atoms with van der Waals surface area (Å²) in [5, 5.41) is 0.469. The minimum atomic E-state index is -0.298. The second-order valence-electron chi connectivity index (χ2n) is 9.23. The number of halogens is 1. The van der Waals surface area contributed by atoms with Crippen molar-refractivity contribution in [1.82, 2.24) is 14.7 Å². The number of rotatable bonds is 6. The van der Waals surface area contributed by atoms with Crippen LogP contribution in [0.4, 0.5) is 0 Å². The third-order valence-electron chi connectivity index (χ3n) is 6.89. The highest BCUT2D eigenvalue weighted by atomic mass is 35.5. The number of piperazine rings is 1. The van der Waals surface area contributed by atoms with Gasteiger partial charge in [0, 0.05) is 51.1 Å². The Morgan fingerprint density at radius 2 is 1.52 bits per heavy atom. The maximum absolute atomic E-state index is 13.2. The van der Waals surface area contributed by atoms with Gasteiger partial charge < -0.3 is 19.4 Å². The topological polar surface area (TPSA) is 53.1 Å². The Morgan fingerprint density at radius 1 is 0.879 bits per heavy atom. The van der Waals surface area contributed by atoms with E-state index >= 15 is 0 Å². The Morgan fingerprint density at radius 3 is 2.18 bits per heavy atom. The van der Waals surface area contributed by atoms with E-state index in [0.29, 0.717) is 36.7 Å². The molecule has 33 heavy (non-hydrogen) atoms. The highest BCUT2D eigenvalue weighted by molar-refractivity contribution is 6.33. The molecule has 0 aromatic heterocycles. The summed E-state index contributed by atoms with van der Waals surface area (Å²) in [6.07, 6.45) is 1.88. The van der Waals surface area contributed by atoms with Crippen molar-refractivity contribution < 1.29 is 14.3 Å². The first-order chi connectivity index (χ1) is 16.0. The second kappa shape index (κ2) is 10.6. The first-order valence-electron chi connectivity index (χ1n) is 11.6. The maximum atomic E-state index is 13.2. The van der Waals surface area contributed by atoms with Crippen molar-refractivity contribution in [2.75, 3.05) is 52.9 Å². The number of ether oxygens (including phenoxy) is 1. The van der Waals surface area contributed by atoms with Crippen molar-refractivity contribution in [1.29, 1.82) is 0 Å². The lowest BCUT2D eigenvalue weighted by Crippen LogP contribution is -2.51. The van der Waals surface area contributed by atoms with E-state index < -0.39 is 0 Å². The van der Waals surface area contributed by atoms with Crippen LogP contribution in [0.1, 0.15) is 29.6 Å². The predicted octanol–water partition coefficient (Wildman–Crippen LogP) is 3.81. The van der Waals surface area contributed by atoms with Crippen molar-refractivity contribution in [2.24, 2.45) is 5.41 Å². The molecule has 0 atom stereocenters. The number of para-hydroxylation sites is 1. The Balaban J connectivity index is 1.45. The van der Waals surface area contributed by atoms with Gasteiger partial charge in [-0.2, -0.15) is 0 Å². The molecule has 0 N–H and O–H groups in total. The summed E-state index contributed by atoms with van der Waals surface area (Å²) in [4.78, 5) is 32.3. The van der Waals surface area contributed by atoms with Crippen molar-refractivity contribution in [3.8, 4) is 5.75 Å². The third kappa shape index (κ3) is 5.87. The van der Waals surface area contributed by atoms with Crippen LogP contribution in [-0.2, 0) is 4.79 Å². The fraction of sp³-hybridized carbons (Fsp3) is 0.462. The van der Waals surface area contributed by atoms with Crippen molar-refractivity contribution in [3.05, 3.63) is 65.2 Å². The molecule has 2 saturated heterocycles. The number of piperidine rings is 1. The number of nitrogens with zero attached hydrogens (tertiary/aromatic N) is 3. The highest BCUT2D eigenvalue weighted by Crippen LogP contribution is 2.37. The zero-order chi connectivity index (χ0) is 23.3. The predicted molar refractivity (Wildman–Crippen MR) is 130 cm³/mol. The van der Waals surface area contributed by atoms with E-state index in [4.69, 9.17) is 16.3 Å². The molecule has 0 radical (unpaired) electrons. The van der Waals surface area contributed by atoms with Crippen LogP contribution in [-0.4, -0.2) is 79.4 Å². The average Bonchev–Trinajstić information content (AvgIpc) is 2.84. The van der Waals surface area contributed by atoms with Gasteiger partial charge in [-0.3, -0.25) is 9.59 Å². The fourth-order valence-electron chi connectivity index (χ4n) is 4.60. The Bertz CT molecular complexity index is 952. The van der Waals surface area contributed by atoms with Gasteiger partial charge in [0.15, 0.2) is 0 Å². The second-order valence-corrected chi connectivity index (χ2v) is 9.64. The highest BCUT2D eigenvalue weighted by Gasteiger charge is 2.40. The molecule has 2 aromatic rings. The van der Waals surface area contributed by atoms with Gasteiger partial charge >= 0.3 is 0 Å². The monoisotopic (exact) mass is 469 g/mol. The standard InChI is InChI=1S/C26H32ClN3O3/c1-28-15-17-29(18-16-28)24(31)19-26(20-33-21-7-3-2-4-8-21)11-13-30(14-12-26)25(32)22-9-5-6-10-23(22)27/h2-10H,11-20H2,1H3. The number of benzene rings is 2. The van der Waals surface area contributed by atoms with E-state index in [1.807, 2.05) is 52.3 Å². The number of likely N-dealkylation sites (N-methyl/N-ethyl adjacent to an activating group) is 1. The summed E-state index contributed by atoms with van der Waals surface area (Å²) in [5.41, 5.74) is 0.230. The van der Waals surface area contributed by atoms with Gasteiger partial charge in [-0.1, -0.05) is 41.9 Å². The summed E-state index contributed by atoms with van der Waals surface area (Å²) >= 11 is 6.26. The van der Waals surface area contributed by atoms with Crippen molar-refractivity contribution in [3.63, 3.8) is 0 Å². The van der Waals surface area contributed by atoms with E-state index in [1.165, 1.54) is 0 Å². The van der Waals surface area contributed by atoms with Gasteiger partial charge in [0.05, 0.1) is 17.2 Å². The van der Waals surface area contributed by atoms with Gasteiger partial charge in [0.1, 0.15) is 5.75 Å². The molecule has 2 aliphatic heterocycles. The summed E-state index contributed by atoms with van der Waals surface area (Å²) in [6, 6.07) is 16.9. The van der Waals surface area contributed by atoms with Gasteiger partial charge in [0.2, 0.25) is 5.91 Å². The van der Waals surface area contributed by atoms with Gasteiger partial charge in [-0.15, -0.1) is 0 Å². The van der Waals surface area contributed by atoms with E-state index in [-0.39, 0.29) is 17.2 Å². The minimum Gasteiger partial charge on any atom is -0.493 e. The summed E-state index contributed by atoms with van der Waals surface area (Å²) in [7, 11) is 2.09. The van der Waals surface area contributed by atoms with Crippen LogP contribution < -0.4 is 4.74 Å². The van der Waals surface area contributed by atoms with Crippen molar-refractivity contribution in [2.45, 2.75) is 19.3 Å². The number of carbonyl (C=O) groups excluding carboxylic acids is 2. The van der Waals surface area contributed by atoms with Crippen LogP contribution in [0.3, 0.4) is 0 Å². The Labute approximate surface area is 201 Å². The zero-order valence-corrected chi connectivity index (χ0v) is 20.0. The van der Waals surface area contributed by atoms with Crippen LogP contribution >= 0.6 is 11.6 Å². The first-order valence-corrected chi connectivity index (χ1v) is 12.0. The SMILES string of the molecule is CN1CCN(C(=O)CC2(COc3ccccc3)CCN(C(=O)c3ccccc3Cl)CC2)CC1. The van der Waals surface area contributed by atoms with Gasteiger partial charge in [-0.05, 0) is 44.2 Å². The lowest BCUT2D eigenvalue weighted by molar-refractivity contribution is -0.136. The Hall–Kier alpha value is -2.57. The van der Waals surface area contributed by atoms with Crippen LogP contribution in [0.15, 0.2) is 54.6 Å². The van der Waals surface area contributed by atoms with Crippen LogP contribution in [0.5, 0.6) is 5.75 Å². The normalized spacial score (nSPS) is 18.7. The van der Waals surface area contributed by atoms with E-state index in [0.717, 1.165) is 44.8 Å². The molecule has 4 rings (SSSR count). The summed E-state index contributed by atoms with van der Waals surface area (Å²) in [5.74, 6) is 0.938. The molecule has 2 fully saturated rings. The molecule has 0 aliphatic carbocycles. The first kappa shape index (κ1) is 23.6. The average molecular weight is 470 g/mol. The molecule has 2 aromatic carbocycles. The molecule has 2 heterocycles. The van der Waals surface area contributed by atoms with Gasteiger partial charge in [0.25, 0.3) is 5.91 Å². The summed E-state index contributed by atoms with van der Waals surface area (Å²) < 4.78 is 6.15. The number of hydrogen-bond donors (Lipinski definition) is 0. The molecule has 2 aliphatic rings. The van der Waals surface area contributed by atoms with Crippen LogP contribution in [0.25, 0.3) is 0 Å². The fourth-order valence-corrected chi connectivity index (χ4v) is 4.82. The van der Waals surface area contributed by atoms with E-state index in [2.05, 4.69) is 11.9 Å². The van der Waals surface area contributed by atoms with Crippen LogP contribution in [0, 0.1) is 5.41 Å². The molecular formula is C26H32ClN3O3. The zero-order valence-electron chi connectivity index (χ0n) is 19.2. The van der Waals surface area contributed by atoms with E-state index in [1.54, 1.807) is 12.1 Å². The quantitative estimate of drug-likeness (QED) is 0.645. The molecule has 7 heteroatoms. The Kier molecular flexibility index (Phi) is 7.56. The number of hydrogen-bond acceptors (Lipinski definition) is 4. The smallest absolute Gasteiger partial charge is 0.255 e. The molecule has 0 unspecified atom stereocenters. The molecular weight excluding hydrogens is 438 g/mol. The van der Waals surface area contributed by atoms with Crippen LogP contribution in [0.2, 0.25) is 5.02 Å². The number of carbonyl (C=O) groups is 2. The molecule has 6 nitrogen and oxygen atoms in total. The largest absolute Gasteiger partial charge is 0.493 e. The van der Waals surface area contributed by atoms with E-state index in [9.17, 15) is 9.59 Å².